The molecular formula is C21H27BrN2O3. The zero-order chi connectivity index (χ0) is 19.9. The molecule has 2 aromatic carbocycles. The van der Waals surface area contributed by atoms with Crippen LogP contribution in [0.2, 0.25) is 0 Å². The number of anilines is 1. The molecule has 27 heavy (non-hydrogen) atoms. The minimum Gasteiger partial charge on any atom is -0.495 e. The molecule has 2 rings (SSSR count). The monoisotopic (exact) mass is 434 g/mol. The lowest BCUT2D eigenvalue weighted by Crippen LogP contribution is -2.30. The number of para-hydroxylation sites is 2. The Hall–Kier alpha value is -2.21. The number of nitrogens with one attached hydrogen (secondary N) is 2. The summed E-state index contributed by atoms with van der Waals surface area (Å²) in [4.78, 5) is 12.0. The Morgan fingerprint density at radius 3 is 2.52 bits per heavy atom. The minimum atomic E-state index is -0.268. The Kier molecular flexibility index (Phi) is 7.54. The standard InChI is InChI=1S/C21H27BrN2O3/c1-21(2,3)15-10-11-18(16(22)14-15)27-13-7-12-23-20(25)24-17-8-5-6-9-19(17)26-4/h5-6,8-11,14H,7,12-13H2,1-4H3,(H2,23,24,25). The van der Waals surface area contributed by atoms with Crippen molar-refractivity contribution >= 4 is 27.6 Å². The third-order valence-corrected chi connectivity index (χ3v) is 4.64. The molecule has 5 nitrogen and oxygen atoms in total. The van der Waals surface area contributed by atoms with Crippen LogP contribution in [0.3, 0.4) is 0 Å². The molecule has 0 fully saturated rings. The normalized spacial score (nSPS) is 11.0. The van der Waals surface area contributed by atoms with Crippen LogP contribution in [-0.4, -0.2) is 26.3 Å². The molecule has 0 unspecified atom stereocenters. The van der Waals surface area contributed by atoms with Gasteiger partial charge in [0.25, 0.3) is 0 Å². The van der Waals surface area contributed by atoms with Crippen molar-refractivity contribution in [2.75, 3.05) is 25.6 Å². The summed E-state index contributed by atoms with van der Waals surface area (Å²) < 4.78 is 12.0. The van der Waals surface area contributed by atoms with Crippen molar-refractivity contribution in [2.45, 2.75) is 32.6 Å². The average Bonchev–Trinajstić information content (AvgIpc) is 2.62. The zero-order valence-corrected chi connectivity index (χ0v) is 17.9. The fourth-order valence-corrected chi connectivity index (χ4v) is 2.95. The third kappa shape index (κ3) is 6.47. The van der Waals surface area contributed by atoms with Gasteiger partial charge in [-0.2, -0.15) is 0 Å². The summed E-state index contributed by atoms with van der Waals surface area (Å²) in [5.41, 5.74) is 1.98. The van der Waals surface area contributed by atoms with Gasteiger partial charge in [0.05, 0.1) is 23.9 Å². The number of halogens is 1. The first-order chi connectivity index (χ1) is 12.8. The van der Waals surface area contributed by atoms with Crippen LogP contribution in [0, 0.1) is 0 Å². The second kappa shape index (κ2) is 9.65. The third-order valence-electron chi connectivity index (χ3n) is 4.02. The molecule has 0 aliphatic heterocycles. The van der Waals surface area contributed by atoms with Gasteiger partial charge in [0.2, 0.25) is 0 Å². The molecule has 0 saturated heterocycles. The highest BCUT2D eigenvalue weighted by Crippen LogP contribution is 2.31. The summed E-state index contributed by atoms with van der Waals surface area (Å²) in [5.74, 6) is 1.43. The number of amides is 2. The fourth-order valence-electron chi connectivity index (χ4n) is 2.46. The first-order valence-corrected chi connectivity index (χ1v) is 9.71. The van der Waals surface area contributed by atoms with Crippen LogP contribution >= 0.6 is 15.9 Å². The average molecular weight is 435 g/mol. The van der Waals surface area contributed by atoms with E-state index in [4.69, 9.17) is 9.47 Å². The van der Waals surface area contributed by atoms with Crippen molar-refractivity contribution < 1.29 is 14.3 Å². The van der Waals surface area contributed by atoms with E-state index in [0.29, 0.717) is 31.0 Å². The zero-order valence-electron chi connectivity index (χ0n) is 16.3. The molecule has 2 amide bonds. The van der Waals surface area contributed by atoms with Gasteiger partial charge in [-0.25, -0.2) is 4.79 Å². The van der Waals surface area contributed by atoms with E-state index in [-0.39, 0.29) is 11.4 Å². The molecule has 0 saturated carbocycles. The van der Waals surface area contributed by atoms with Crippen LogP contribution in [0.25, 0.3) is 0 Å². The number of benzene rings is 2. The summed E-state index contributed by atoms with van der Waals surface area (Å²) in [6, 6.07) is 13.2. The van der Waals surface area contributed by atoms with Gasteiger partial charge in [-0.3, -0.25) is 0 Å². The van der Waals surface area contributed by atoms with E-state index in [2.05, 4.69) is 59.5 Å². The maximum atomic E-state index is 12.0. The predicted octanol–water partition coefficient (Wildman–Crippen LogP) is 5.35. The molecule has 6 heteroatoms. The van der Waals surface area contributed by atoms with Crippen LogP contribution in [0.5, 0.6) is 11.5 Å². The van der Waals surface area contributed by atoms with Gasteiger partial charge in [-0.15, -0.1) is 0 Å². The largest absolute Gasteiger partial charge is 0.495 e. The van der Waals surface area contributed by atoms with Crippen molar-refractivity contribution in [3.05, 3.63) is 52.5 Å². The van der Waals surface area contributed by atoms with Gasteiger partial charge in [0.15, 0.2) is 0 Å². The Morgan fingerprint density at radius 1 is 1.11 bits per heavy atom. The molecular weight excluding hydrogens is 408 g/mol. The van der Waals surface area contributed by atoms with Gasteiger partial charge >= 0.3 is 6.03 Å². The number of ether oxygens (including phenoxy) is 2. The van der Waals surface area contributed by atoms with E-state index >= 15 is 0 Å². The van der Waals surface area contributed by atoms with Gasteiger partial charge in [-0.05, 0) is 57.6 Å². The summed E-state index contributed by atoms with van der Waals surface area (Å²) in [7, 11) is 1.57. The molecule has 0 bridgehead atoms. The molecule has 0 atom stereocenters. The second-order valence-corrected chi connectivity index (χ2v) is 8.03. The van der Waals surface area contributed by atoms with E-state index in [0.717, 1.165) is 10.2 Å². The second-order valence-electron chi connectivity index (χ2n) is 7.18. The lowest BCUT2D eigenvalue weighted by Gasteiger charge is -2.20. The van der Waals surface area contributed by atoms with Gasteiger partial charge in [-0.1, -0.05) is 39.0 Å². The van der Waals surface area contributed by atoms with E-state index in [9.17, 15) is 4.79 Å². The van der Waals surface area contributed by atoms with Crippen LogP contribution in [0.4, 0.5) is 10.5 Å². The van der Waals surface area contributed by atoms with Crippen LogP contribution in [0.15, 0.2) is 46.9 Å². The van der Waals surface area contributed by atoms with Crippen molar-refractivity contribution in [2.24, 2.45) is 0 Å². The molecule has 2 N–H and O–H groups in total. The smallest absolute Gasteiger partial charge is 0.319 e. The molecule has 0 aromatic heterocycles. The number of hydrogen-bond acceptors (Lipinski definition) is 3. The van der Waals surface area contributed by atoms with E-state index in [1.807, 2.05) is 18.2 Å². The van der Waals surface area contributed by atoms with Gasteiger partial charge in [0, 0.05) is 6.54 Å². The Morgan fingerprint density at radius 2 is 1.85 bits per heavy atom. The Balaban J connectivity index is 1.73. The Labute approximate surface area is 169 Å². The fraction of sp³-hybridized carbons (Fsp3) is 0.381. The first-order valence-electron chi connectivity index (χ1n) is 8.92. The number of carbonyl (C=O) groups is 1. The topological polar surface area (TPSA) is 59.6 Å². The molecule has 0 radical (unpaired) electrons. The molecule has 0 spiro atoms. The minimum absolute atomic E-state index is 0.0970. The van der Waals surface area contributed by atoms with Crippen LogP contribution in [0.1, 0.15) is 32.8 Å². The summed E-state index contributed by atoms with van der Waals surface area (Å²) >= 11 is 3.57. The summed E-state index contributed by atoms with van der Waals surface area (Å²) in [6.07, 6.45) is 0.701. The van der Waals surface area contributed by atoms with Crippen LogP contribution < -0.4 is 20.1 Å². The lowest BCUT2D eigenvalue weighted by molar-refractivity contribution is 0.250. The quantitative estimate of drug-likeness (QED) is 0.577. The molecule has 146 valence electrons. The predicted molar refractivity (Wildman–Crippen MR) is 113 cm³/mol. The SMILES string of the molecule is COc1ccccc1NC(=O)NCCCOc1ccc(C(C)(C)C)cc1Br. The maximum absolute atomic E-state index is 12.0. The van der Waals surface area contributed by atoms with Crippen molar-refractivity contribution in [1.29, 1.82) is 0 Å². The van der Waals surface area contributed by atoms with Crippen molar-refractivity contribution in [3.63, 3.8) is 0 Å². The number of urea groups is 1. The van der Waals surface area contributed by atoms with E-state index in [1.165, 1.54) is 5.56 Å². The van der Waals surface area contributed by atoms with E-state index in [1.54, 1.807) is 19.2 Å². The van der Waals surface area contributed by atoms with Crippen molar-refractivity contribution in [1.82, 2.24) is 5.32 Å². The summed E-state index contributed by atoms with van der Waals surface area (Å²) in [6.45, 7) is 7.56. The molecule has 0 aliphatic rings. The highest BCUT2D eigenvalue weighted by molar-refractivity contribution is 9.10. The van der Waals surface area contributed by atoms with E-state index < -0.39 is 0 Å². The first kappa shape index (κ1) is 21.1. The molecule has 2 aromatic rings. The number of rotatable bonds is 7. The highest BCUT2D eigenvalue weighted by atomic mass is 79.9. The number of carbonyl (C=O) groups excluding carboxylic acids is 1. The maximum Gasteiger partial charge on any atom is 0.319 e. The van der Waals surface area contributed by atoms with Crippen molar-refractivity contribution in [3.8, 4) is 11.5 Å². The Bertz CT molecular complexity index is 772. The molecule has 0 aliphatic carbocycles. The van der Waals surface area contributed by atoms with Gasteiger partial charge in [0.1, 0.15) is 11.5 Å². The summed E-state index contributed by atoms with van der Waals surface area (Å²) in [5, 5.41) is 5.59. The molecule has 0 heterocycles. The van der Waals surface area contributed by atoms with Gasteiger partial charge < -0.3 is 20.1 Å². The lowest BCUT2D eigenvalue weighted by atomic mass is 9.87. The number of methoxy groups -OCH3 is 1. The highest BCUT2D eigenvalue weighted by Gasteiger charge is 2.15. The van der Waals surface area contributed by atoms with Crippen LogP contribution in [-0.2, 0) is 5.41 Å². The number of hydrogen-bond donors (Lipinski definition) is 2.